The largest absolute Gasteiger partial charge is 0.451 e. The van der Waals surface area contributed by atoms with E-state index < -0.39 is 5.91 Å². The fourth-order valence-electron chi connectivity index (χ4n) is 1.99. The summed E-state index contributed by atoms with van der Waals surface area (Å²) in [6.45, 7) is 0. The number of hydrogen-bond acceptors (Lipinski definition) is 6. The van der Waals surface area contributed by atoms with Gasteiger partial charge in [0.2, 0.25) is 0 Å². The summed E-state index contributed by atoms with van der Waals surface area (Å²) in [6, 6.07) is 9.23. The number of hydrazine groups is 1. The summed E-state index contributed by atoms with van der Waals surface area (Å²) in [4.78, 5) is 20.1. The summed E-state index contributed by atoms with van der Waals surface area (Å²) in [5.74, 6) is 5.50. The van der Waals surface area contributed by atoms with Gasteiger partial charge in [0.05, 0.1) is 0 Å². The Kier molecular flexibility index (Phi) is 3.85. The molecule has 0 aliphatic rings. The van der Waals surface area contributed by atoms with Crippen LogP contribution in [0.25, 0.3) is 11.0 Å². The lowest BCUT2D eigenvalue weighted by Gasteiger charge is -2.01. The van der Waals surface area contributed by atoms with Gasteiger partial charge in [-0.15, -0.1) is 0 Å². The minimum atomic E-state index is -0.448. The molecular weight excluding hydrogens is 288 g/mol. The van der Waals surface area contributed by atoms with Crippen molar-refractivity contribution >= 4 is 28.6 Å². The van der Waals surface area contributed by atoms with Gasteiger partial charge in [-0.05, 0) is 12.1 Å². The van der Waals surface area contributed by atoms with Crippen LogP contribution in [0, 0.1) is 0 Å². The second-order valence-electron chi connectivity index (χ2n) is 4.20. The van der Waals surface area contributed by atoms with Crippen LogP contribution in [-0.4, -0.2) is 15.9 Å². The maximum Gasteiger partial charge on any atom is 0.301 e. The van der Waals surface area contributed by atoms with E-state index in [-0.39, 0.29) is 5.76 Å². The van der Waals surface area contributed by atoms with E-state index >= 15 is 0 Å². The quantitative estimate of drug-likeness (QED) is 0.252. The van der Waals surface area contributed by atoms with E-state index in [1.807, 2.05) is 24.3 Å². The smallest absolute Gasteiger partial charge is 0.301 e. The fourth-order valence-corrected chi connectivity index (χ4v) is 2.82. The molecule has 6 nitrogen and oxygen atoms in total. The highest BCUT2D eigenvalue weighted by atomic mass is 32.2. The molecule has 0 spiro atoms. The number of aromatic nitrogens is 2. The molecule has 3 N–H and O–H groups in total. The molecule has 106 valence electrons. The number of furan rings is 1. The monoisotopic (exact) mass is 300 g/mol. The molecule has 21 heavy (non-hydrogen) atoms. The molecule has 0 radical (unpaired) electrons. The molecule has 2 aromatic heterocycles. The summed E-state index contributed by atoms with van der Waals surface area (Å²) in [5.41, 5.74) is 3.54. The zero-order chi connectivity index (χ0) is 14.7. The number of benzene rings is 1. The Hall–Kier alpha value is -2.38. The summed E-state index contributed by atoms with van der Waals surface area (Å²) in [7, 11) is 0. The van der Waals surface area contributed by atoms with Gasteiger partial charge in [0, 0.05) is 29.1 Å². The van der Waals surface area contributed by atoms with Gasteiger partial charge >= 0.3 is 5.91 Å². The first-order valence-corrected chi connectivity index (χ1v) is 7.19. The molecular formula is C14H12N4O2S. The van der Waals surface area contributed by atoms with E-state index in [1.165, 1.54) is 11.8 Å². The number of amides is 1. The number of nitrogen functional groups attached to an aromatic ring is 1. The standard InChI is InChI=1S/C14H12N4O2S/c15-18-13(19)12-10(8-21-14-16-6-3-7-17-14)9-4-1-2-5-11(9)20-12/h1-7H,8,15H2,(H,18,19). The lowest BCUT2D eigenvalue weighted by molar-refractivity contribution is 0.0927. The lowest BCUT2D eigenvalue weighted by Crippen LogP contribution is -2.30. The van der Waals surface area contributed by atoms with Crippen LogP contribution in [0.1, 0.15) is 16.1 Å². The Balaban J connectivity index is 1.97. The average molecular weight is 300 g/mol. The number of nitrogens with zero attached hydrogens (tertiary/aromatic N) is 2. The van der Waals surface area contributed by atoms with Crippen molar-refractivity contribution in [3.63, 3.8) is 0 Å². The van der Waals surface area contributed by atoms with Crippen molar-refractivity contribution in [1.29, 1.82) is 0 Å². The first-order chi connectivity index (χ1) is 10.3. The molecule has 3 rings (SSSR count). The van der Waals surface area contributed by atoms with E-state index in [9.17, 15) is 4.79 Å². The molecule has 1 aromatic carbocycles. The van der Waals surface area contributed by atoms with Crippen LogP contribution in [-0.2, 0) is 5.75 Å². The maximum atomic E-state index is 11.8. The Labute approximate surface area is 124 Å². The molecule has 1 amide bonds. The number of para-hydroxylation sites is 1. The molecule has 0 saturated carbocycles. The second kappa shape index (κ2) is 5.94. The van der Waals surface area contributed by atoms with Gasteiger partial charge in [0.1, 0.15) is 5.58 Å². The third-order valence-corrected chi connectivity index (χ3v) is 3.83. The molecule has 0 unspecified atom stereocenters. The van der Waals surface area contributed by atoms with E-state index in [2.05, 4.69) is 15.4 Å². The number of carbonyl (C=O) groups is 1. The first-order valence-electron chi connectivity index (χ1n) is 6.21. The minimum Gasteiger partial charge on any atom is -0.451 e. The minimum absolute atomic E-state index is 0.224. The van der Waals surface area contributed by atoms with E-state index in [1.54, 1.807) is 18.5 Å². The Morgan fingerprint density at radius 1 is 1.24 bits per heavy atom. The van der Waals surface area contributed by atoms with Crippen LogP contribution in [0.3, 0.4) is 0 Å². The number of rotatable bonds is 4. The molecule has 0 fully saturated rings. The predicted octanol–water partition coefficient (Wildman–Crippen LogP) is 2.12. The maximum absolute atomic E-state index is 11.8. The van der Waals surface area contributed by atoms with Gasteiger partial charge in [-0.1, -0.05) is 30.0 Å². The third kappa shape index (κ3) is 2.74. The van der Waals surface area contributed by atoms with Crippen LogP contribution in [0.2, 0.25) is 0 Å². The molecule has 0 saturated heterocycles. The van der Waals surface area contributed by atoms with Crippen LogP contribution >= 0.6 is 11.8 Å². The lowest BCUT2D eigenvalue weighted by atomic mass is 10.1. The summed E-state index contributed by atoms with van der Waals surface area (Å²) in [5, 5.41) is 1.53. The van der Waals surface area contributed by atoms with Crippen molar-refractivity contribution in [2.24, 2.45) is 5.84 Å². The zero-order valence-corrected chi connectivity index (χ0v) is 11.8. The molecule has 0 aliphatic carbocycles. The van der Waals surface area contributed by atoms with Gasteiger partial charge < -0.3 is 4.42 Å². The molecule has 0 bridgehead atoms. The number of nitrogens with two attached hydrogens (primary N) is 1. The van der Waals surface area contributed by atoms with Crippen molar-refractivity contribution in [3.8, 4) is 0 Å². The van der Waals surface area contributed by atoms with Crippen molar-refractivity contribution < 1.29 is 9.21 Å². The van der Waals surface area contributed by atoms with E-state index in [0.29, 0.717) is 16.5 Å². The van der Waals surface area contributed by atoms with Crippen molar-refractivity contribution in [1.82, 2.24) is 15.4 Å². The van der Waals surface area contributed by atoms with Crippen molar-refractivity contribution in [2.75, 3.05) is 0 Å². The molecule has 3 aromatic rings. The molecule has 0 aliphatic heterocycles. The van der Waals surface area contributed by atoms with Crippen LogP contribution in [0.15, 0.2) is 52.3 Å². The summed E-state index contributed by atoms with van der Waals surface area (Å²) >= 11 is 1.43. The van der Waals surface area contributed by atoms with E-state index in [4.69, 9.17) is 10.3 Å². The van der Waals surface area contributed by atoms with Gasteiger partial charge in [-0.2, -0.15) is 0 Å². The number of hydrogen-bond donors (Lipinski definition) is 2. The van der Waals surface area contributed by atoms with Crippen molar-refractivity contribution in [3.05, 3.63) is 54.0 Å². The average Bonchev–Trinajstić information content (AvgIpc) is 2.92. The number of nitrogens with one attached hydrogen (secondary N) is 1. The normalized spacial score (nSPS) is 10.7. The Bertz CT molecular complexity index is 773. The van der Waals surface area contributed by atoms with Gasteiger partial charge in [0.25, 0.3) is 0 Å². The highest BCUT2D eigenvalue weighted by Crippen LogP contribution is 2.30. The summed E-state index contributed by atoms with van der Waals surface area (Å²) in [6.07, 6.45) is 3.35. The Morgan fingerprint density at radius 2 is 2.00 bits per heavy atom. The van der Waals surface area contributed by atoms with Gasteiger partial charge in [-0.25, -0.2) is 15.8 Å². The van der Waals surface area contributed by atoms with Gasteiger partial charge in [-0.3, -0.25) is 10.2 Å². The highest BCUT2D eigenvalue weighted by Gasteiger charge is 2.20. The number of fused-ring (bicyclic) bond motifs is 1. The van der Waals surface area contributed by atoms with Crippen LogP contribution in [0.5, 0.6) is 0 Å². The third-order valence-electron chi connectivity index (χ3n) is 2.92. The zero-order valence-electron chi connectivity index (χ0n) is 10.9. The molecule has 0 atom stereocenters. The number of carbonyl (C=O) groups excluding carboxylic acids is 1. The van der Waals surface area contributed by atoms with Gasteiger partial charge in [0.15, 0.2) is 10.9 Å². The van der Waals surface area contributed by atoms with E-state index in [0.717, 1.165) is 10.9 Å². The van der Waals surface area contributed by atoms with Crippen LogP contribution in [0.4, 0.5) is 0 Å². The second-order valence-corrected chi connectivity index (χ2v) is 5.14. The number of thioether (sulfide) groups is 1. The molecule has 2 heterocycles. The first kappa shape index (κ1) is 13.6. The fraction of sp³-hybridized carbons (Fsp3) is 0.0714. The SMILES string of the molecule is NNC(=O)c1oc2ccccc2c1CSc1ncccn1. The highest BCUT2D eigenvalue weighted by molar-refractivity contribution is 7.98. The Morgan fingerprint density at radius 3 is 2.76 bits per heavy atom. The molecule has 7 heteroatoms. The van der Waals surface area contributed by atoms with Crippen molar-refractivity contribution in [2.45, 2.75) is 10.9 Å². The predicted molar refractivity (Wildman–Crippen MR) is 79.5 cm³/mol. The van der Waals surface area contributed by atoms with Crippen LogP contribution < -0.4 is 11.3 Å². The topological polar surface area (TPSA) is 94.0 Å². The summed E-state index contributed by atoms with van der Waals surface area (Å²) < 4.78 is 5.59.